The van der Waals surface area contributed by atoms with E-state index in [1.165, 1.54) is 23.5 Å². The molecule has 0 aliphatic carbocycles. The Morgan fingerprint density at radius 3 is 2.78 bits per heavy atom. The summed E-state index contributed by atoms with van der Waals surface area (Å²) in [7, 11) is -2.09. The van der Waals surface area contributed by atoms with E-state index in [9.17, 15) is 13.2 Å². The fraction of sp³-hybridized carbons (Fsp3) is 0.250. The van der Waals surface area contributed by atoms with Crippen LogP contribution in [-0.4, -0.2) is 39.2 Å². The lowest BCUT2D eigenvalue weighted by Gasteiger charge is -2.16. The Morgan fingerprint density at radius 1 is 1.39 bits per heavy atom. The molecule has 0 saturated carbocycles. The average molecular weight is 267 g/mol. The van der Waals surface area contributed by atoms with E-state index < -0.39 is 10.0 Å². The summed E-state index contributed by atoms with van der Waals surface area (Å²) in [6, 6.07) is 6.28. The number of rotatable bonds is 4. The van der Waals surface area contributed by atoms with Crippen LogP contribution >= 0.6 is 0 Å². The molecule has 96 valence electrons. The van der Waals surface area contributed by atoms with Crippen molar-refractivity contribution in [2.45, 2.75) is 4.90 Å². The van der Waals surface area contributed by atoms with Crippen LogP contribution < -0.4 is 4.74 Å². The van der Waals surface area contributed by atoms with Gasteiger partial charge in [0.2, 0.25) is 10.0 Å². The van der Waals surface area contributed by atoms with Crippen molar-refractivity contribution in [3.63, 3.8) is 0 Å². The van der Waals surface area contributed by atoms with Gasteiger partial charge in [0.1, 0.15) is 12.0 Å². The molecular formula is C12H13NO4S. The number of carbonyl (C=O) groups is 1. The number of aldehydes is 1. The van der Waals surface area contributed by atoms with Crippen LogP contribution in [0.4, 0.5) is 0 Å². The normalized spacial score (nSPS) is 16.4. The minimum Gasteiger partial charge on any atom is -0.497 e. The molecule has 1 aliphatic heterocycles. The van der Waals surface area contributed by atoms with E-state index in [1.807, 2.05) is 0 Å². The molecule has 0 aromatic heterocycles. The Bertz CT molecular complexity index is 592. The summed E-state index contributed by atoms with van der Waals surface area (Å²) in [5, 5.41) is 0. The summed E-state index contributed by atoms with van der Waals surface area (Å²) in [6.45, 7) is 0.358. The van der Waals surface area contributed by atoms with Gasteiger partial charge in [0.15, 0.2) is 0 Å². The van der Waals surface area contributed by atoms with Crippen molar-refractivity contribution in [1.82, 2.24) is 4.31 Å². The maximum Gasteiger partial charge on any atom is 0.243 e. The van der Waals surface area contributed by atoms with E-state index >= 15 is 0 Å². The molecule has 0 unspecified atom stereocenters. The van der Waals surface area contributed by atoms with Crippen LogP contribution in [0.3, 0.4) is 0 Å². The fourth-order valence-electron chi connectivity index (χ4n) is 1.73. The van der Waals surface area contributed by atoms with Crippen molar-refractivity contribution in [3.8, 4) is 5.75 Å². The summed E-state index contributed by atoms with van der Waals surface area (Å²) >= 11 is 0. The number of hydrogen-bond donors (Lipinski definition) is 0. The highest BCUT2D eigenvalue weighted by atomic mass is 32.2. The lowest BCUT2D eigenvalue weighted by atomic mass is 10.3. The van der Waals surface area contributed by atoms with Crippen LogP contribution in [0.2, 0.25) is 0 Å². The molecular weight excluding hydrogens is 254 g/mol. The maximum absolute atomic E-state index is 12.3. The van der Waals surface area contributed by atoms with Crippen molar-refractivity contribution in [1.29, 1.82) is 0 Å². The quantitative estimate of drug-likeness (QED) is 0.758. The van der Waals surface area contributed by atoms with E-state index in [1.54, 1.807) is 18.2 Å². The molecule has 0 atom stereocenters. The molecule has 2 rings (SSSR count). The molecule has 0 fully saturated rings. The van der Waals surface area contributed by atoms with Gasteiger partial charge in [-0.25, -0.2) is 8.42 Å². The first kappa shape index (κ1) is 12.8. The Kier molecular flexibility index (Phi) is 3.49. The second kappa shape index (κ2) is 4.91. The first-order chi connectivity index (χ1) is 8.57. The van der Waals surface area contributed by atoms with E-state index in [-0.39, 0.29) is 18.0 Å². The van der Waals surface area contributed by atoms with Crippen molar-refractivity contribution < 1.29 is 17.9 Å². The predicted octanol–water partition coefficient (Wildman–Crippen LogP) is 0.825. The lowest BCUT2D eigenvalue weighted by molar-refractivity contribution is -0.104. The summed E-state index contributed by atoms with van der Waals surface area (Å²) in [5.74, 6) is 0.485. The molecule has 0 radical (unpaired) electrons. The van der Waals surface area contributed by atoms with Gasteiger partial charge in [-0.1, -0.05) is 12.1 Å². The zero-order valence-electron chi connectivity index (χ0n) is 9.87. The molecule has 0 bridgehead atoms. The van der Waals surface area contributed by atoms with Gasteiger partial charge >= 0.3 is 0 Å². The summed E-state index contributed by atoms with van der Waals surface area (Å²) < 4.78 is 30.8. The van der Waals surface area contributed by atoms with Gasteiger partial charge in [0, 0.05) is 24.7 Å². The third kappa shape index (κ3) is 2.30. The third-order valence-electron chi connectivity index (χ3n) is 2.75. The Morgan fingerprint density at radius 2 is 2.17 bits per heavy atom. The van der Waals surface area contributed by atoms with E-state index in [0.717, 1.165) is 0 Å². The van der Waals surface area contributed by atoms with Gasteiger partial charge < -0.3 is 4.74 Å². The number of carbonyl (C=O) groups excluding carboxylic acids is 1. The fourth-order valence-corrected chi connectivity index (χ4v) is 3.13. The molecule has 0 saturated heterocycles. The number of ether oxygens (including phenoxy) is 1. The Balaban J connectivity index is 2.29. The first-order valence-corrected chi connectivity index (χ1v) is 6.80. The molecule has 1 heterocycles. The molecule has 0 spiro atoms. The Labute approximate surface area is 106 Å². The molecule has 1 aromatic rings. The number of sulfonamides is 1. The van der Waals surface area contributed by atoms with E-state index in [0.29, 0.717) is 17.6 Å². The smallest absolute Gasteiger partial charge is 0.243 e. The number of benzene rings is 1. The van der Waals surface area contributed by atoms with Crippen molar-refractivity contribution >= 4 is 16.3 Å². The average Bonchev–Trinajstić information content (AvgIpc) is 2.88. The molecule has 5 nitrogen and oxygen atoms in total. The lowest BCUT2D eigenvalue weighted by Crippen LogP contribution is -2.29. The predicted molar refractivity (Wildman–Crippen MR) is 65.9 cm³/mol. The minimum absolute atomic E-state index is 0.128. The standard InChI is InChI=1S/C12H13NO4S/c1-17-11-3-2-4-12(7-11)18(15,16)13-6-5-10(8-13)9-14/h2-5,7,9H,6,8H2,1H3. The van der Waals surface area contributed by atoms with Crippen LogP contribution in [-0.2, 0) is 14.8 Å². The molecule has 1 aromatic carbocycles. The molecule has 6 heteroatoms. The summed E-state index contributed by atoms with van der Waals surface area (Å²) in [4.78, 5) is 10.8. The van der Waals surface area contributed by atoms with Gasteiger partial charge in [-0.3, -0.25) is 4.79 Å². The highest BCUT2D eigenvalue weighted by Gasteiger charge is 2.28. The number of hydrogen-bond acceptors (Lipinski definition) is 4. The van der Waals surface area contributed by atoms with Gasteiger partial charge in [0.05, 0.1) is 12.0 Å². The van der Waals surface area contributed by atoms with Crippen LogP contribution in [0.25, 0.3) is 0 Å². The number of methoxy groups -OCH3 is 1. The molecule has 18 heavy (non-hydrogen) atoms. The highest BCUT2D eigenvalue weighted by molar-refractivity contribution is 7.89. The van der Waals surface area contributed by atoms with E-state index in [4.69, 9.17) is 4.74 Å². The van der Waals surface area contributed by atoms with Crippen LogP contribution in [0.1, 0.15) is 0 Å². The van der Waals surface area contributed by atoms with Crippen molar-refractivity contribution in [2.24, 2.45) is 0 Å². The van der Waals surface area contributed by atoms with Crippen LogP contribution in [0, 0.1) is 0 Å². The maximum atomic E-state index is 12.3. The zero-order valence-corrected chi connectivity index (χ0v) is 10.7. The van der Waals surface area contributed by atoms with Crippen molar-refractivity contribution in [3.05, 3.63) is 35.9 Å². The molecule has 0 amide bonds. The van der Waals surface area contributed by atoms with Crippen molar-refractivity contribution in [2.75, 3.05) is 20.2 Å². The first-order valence-electron chi connectivity index (χ1n) is 5.36. The van der Waals surface area contributed by atoms with Gasteiger partial charge in [-0.2, -0.15) is 4.31 Å². The van der Waals surface area contributed by atoms with Crippen LogP contribution in [0.5, 0.6) is 5.75 Å². The number of nitrogens with zero attached hydrogens (tertiary/aromatic N) is 1. The second-order valence-electron chi connectivity index (χ2n) is 3.87. The topological polar surface area (TPSA) is 63.7 Å². The SMILES string of the molecule is COc1cccc(S(=O)(=O)N2CC=C(C=O)C2)c1. The van der Waals surface area contributed by atoms with Gasteiger partial charge in [0.25, 0.3) is 0 Å². The summed E-state index contributed by atoms with van der Waals surface area (Å²) in [6.07, 6.45) is 2.30. The minimum atomic E-state index is -3.57. The monoisotopic (exact) mass is 267 g/mol. The largest absolute Gasteiger partial charge is 0.497 e. The summed E-state index contributed by atoms with van der Waals surface area (Å²) in [5.41, 5.74) is 0.487. The highest BCUT2D eigenvalue weighted by Crippen LogP contribution is 2.23. The van der Waals surface area contributed by atoms with Crippen LogP contribution in [0.15, 0.2) is 40.8 Å². The second-order valence-corrected chi connectivity index (χ2v) is 5.81. The molecule has 0 N–H and O–H groups in total. The molecule has 1 aliphatic rings. The van der Waals surface area contributed by atoms with E-state index in [2.05, 4.69) is 0 Å². The Hall–Kier alpha value is -1.66. The third-order valence-corrected chi connectivity index (χ3v) is 4.55. The zero-order chi connectivity index (χ0) is 13.2. The van der Waals surface area contributed by atoms with Gasteiger partial charge in [-0.05, 0) is 12.1 Å². The van der Waals surface area contributed by atoms with Gasteiger partial charge in [-0.15, -0.1) is 0 Å².